The Morgan fingerprint density at radius 2 is 1.92 bits per heavy atom. The van der Waals surface area contributed by atoms with Crippen LogP contribution in [-0.2, 0) is 0 Å². The molecule has 1 saturated carbocycles. The molecule has 1 aromatic carbocycles. The molecule has 1 fully saturated rings. The van der Waals surface area contributed by atoms with E-state index in [4.69, 9.17) is 11.5 Å². The van der Waals surface area contributed by atoms with Gasteiger partial charge in [0.15, 0.2) is 5.82 Å². The van der Waals surface area contributed by atoms with Gasteiger partial charge in [0.05, 0.1) is 5.70 Å². The Hall–Kier alpha value is -2.38. The second kappa shape index (κ2) is 6.16. The summed E-state index contributed by atoms with van der Waals surface area (Å²) < 4.78 is 15.0. The lowest BCUT2D eigenvalue weighted by molar-refractivity contribution is 0.239. The Morgan fingerprint density at radius 3 is 2.64 bits per heavy atom. The van der Waals surface area contributed by atoms with Crippen LogP contribution in [0.15, 0.2) is 42.7 Å². The number of halogens is 1. The topological polar surface area (TPSA) is 93.9 Å². The van der Waals surface area contributed by atoms with Gasteiger partial charge < -0.3 is 22.2 Å². The minimum absolute atomic E-state index is 0.266. The third-order valence-corrected chi connectivity index (χ3v) is 5.15. The maximum absolute atomic E-state index is 13.2. The van der Waals surface area contributed by atoms with Crippen molar-refractivity contribution < 1.29 is 4.39 Å². The third-order valence-electron chi connectivity index (χ3n) is 5.15. The highest BCUT2D eigenvalue weighted by Crippen LogP contribution is 2.35. The lowest BCUT2D eigenvalue weighted by Crippen LogP contribution is -2.58. The molecule has 1 aliphatic carbocycles. The maximum atomic E-state index is 13.2. The van der Waals surface area contributed by atoms with Gasteiger partial charge >= 0.3 is 0 Å². The monoisotopic (exact) mass is 342 g/mol. The number of anilines is 1. The molecule has 1 aromatic heterocycles. The van der Waals surface area contributed by atoms with Crippen LogP contribution in [0.1, 0.15) is 31.5 Å². The van der Waals surface area contributed by atoms with E-state index < -0.39 is 5.66 Å². The zero-order valence-electron chi connectivity index (χ0n) is 14.0. The summed E-state index contributed by atoms with van der Waals surface area (Å²) in [7, 11) is 0. The number of hydrogen-bond acceptors (Lipinski definition) is 5. The summed E-state index contributed by atoms with van der Waals surface area (Å²) in [6, 6.07) is 6.52. The fourth-order valence-electron chi connectivity index (χ4n) is 3.72. The van der Waals surface area contributed by atoms with Crippen molar-refractivity contribution in [3.63, 3.8) is 0 Å². The van der Waals surface area contributed by atoms with Gasteiger partial charge in [0.1, 0.15) is 11.5 Å². The van der Waals surface area contributed by atoms with Crippen molar-refractivity contribution in [3.05, 3.63) is 54.4 Å². The van der Waals surface area contributed by atoms with Gasteiger partial charge in [-0.2, -0.15) is 0 Å². The summed E-state index contributed by atoms with van der Waals surface area (Å²) >= 11 is 0. The molecule has 0 radical (unpaired) electrons. The smallest absolute Gasteiger partial charge is 0.174 e. The summed E-state index contributed by atoms with van der Waals surface area (Å²) in [6.07, 6.45) is 9.51. The summed E-state index contributed by atoms with van der Waals surface area (Å²) in [5, 5.41) is 3.32. The lowest BCUT2D eigenvalue weighted by atomic mass is 9.78. The normalized spacial score (nSPS) is 28.7. The van der Waals surface area contributed by atoms with Crippen LogP contribution in [0, 0.1) is 11.7 Å². The molecule has 0 saturated heterocycles. The van der Waals surface area contributed by atoms with Crippen LogP contribution in [0.4, 0.5) is 10.1 Å². The van der Waals surface area contributed by atoms with E-state index in [0.717, 1.165) is 42.9 Å². The van der Waals surface area contributed by atoms with Gasteiger partial charge in [0, 0.05) is 30.0 Å². The largest absolute Gasteiger partial charge is 0.353 e. The zero-order chi connectivity index (χ0) is 17.4. The van der Waals surface area contributed by atoms with Crippen LogP contribution < -0.4 is 22.2 Å². The first kappa shape index (κ1) is 16.1. The number of benzene rings is 1. The molecule has 2 aromatic rings. The van der Waals surface area contributed by atoms with Crippen molar-refractivity contribution in [3.8, 4) is 0 Å². The third kappa shape index (κ3) is 3.12. The lowest BCUT2D eigenvalue weighted by Gasteiger charge is -2.42. The fraction of sp³-hybridized carbons (Fsp3) is 0.389. The van der Waals surface area contributed by atoms with E-state index in [2.05, 4.69) is 15.7 Å². The van der Waals surface area contributed by atoms with Crippen LogP contribution in [0.5, 0.6) is 0 Å². The van der Waals surface area contributed by atoms with Crippen LogP contribution in [0.2, 0.25) is 0 Å². The predicted molar refractivity (Wildman–Crippen MR) is 96.4 cm³/mol. The van der Waals surface area contributed by atoms with Gasteiger partial charge in [-0.1, -0.05) is 0 Å². The second-order valence-corrected chi connectivity index (χ2v) is 6.97. The summed E-state index contributed by atoms with van der Waals surface area (Å²) in [4.78, 5) is 4.39. The van der Waals surface area contributed by atoms with E-state index in [1.165, 1.54) is 12.1 Å². The summed E-state index contributed by atoms with van der Waals surface area (Å²) in [5.41, 5.74) is 17.1. The van der Waals surface area contributed by atoms with E-state index in [9.17, 15) is 4.39 Å². The molecule has 2 aliphatic rings. The van der Waals surface area contributed by atoms with Crippen molar-refractivity contribution in [1.29, 1.82) is 0 Å². The Bertz CT molecular complexity index is 775. The average Bonchev–Trinajstić information content (AvgIpc) is 3.05. The maximum Gasteiger partial charge on any atom is 0.174 e. The van der Waals surface area contributed by atoms with Gasteiger partial charge in [-0.25, -0.2) is 14.1 Å². The molecule has 6 nitrogen and oxygen atoms in total. The molecule has 1 unspecified atom stereocenters. The molecule has 0 amide bonds. The van der Waals surface area contributed by atoms with Crippen LogP contribution >= 0.6 is 0 Å². The number of rotatable bonds is 3. The summed E-state index contributed by atoms with van der Waals surface area (Å²) in [6.45, 7) is 0. The number of nitrogens with two attached hydrogens (primary N) is 2. The number of aromatic nitrogens is 2. The quantitative estimate of drug-likeness (QED) is 0.686. The molecular formula is C18H23FN6. The van der Waals surface area contributed by atoms with Crippen molar-refractivity contribution in [2.45, 2.75) is 37.4 Å². The van der Waals surface area contributed by atoms with Crippen LogP contribution in [0.25, 0.3) is 5.70 Å². The van der Waals surface area contributed by atoms with Gasteiger partial charge in [0.2, 0.25) is 0 Å². The van der Waals surface area contributed by atoms with Crippen LogP contribution in [0.3, 0.4) is 0 Å². The first-order valence-electron chi connectivity index (χ1n) is 8.65. The predicted octanol–water partition coefficient (Wildman–Crippen LogP) is 2.20. The molecule has 0 spiro atoms. The van der Waals surface area contributed by atoms with Crippen molar-refractivity contribution in [2.24, 2.45) is 17.4 Å². The number of fused-ring (bicyclic) bond motifs is 1. The highest BCUT2D eigenvalue weighted by molar-refractivity contribution is 5.76. The van der Waals surface area contributed by atoms with Crippen molar-refractivity contribution in [2.75, 3.05) is 10.7 Å². The zero-order valence-corrected chi connectivity index (χ0v) is 14.0. The first-order chi connectivity index (χ1) is 12.0. The molecule has 2 heterocycles. The van der Waals surface area contributed by atoms with Gasteiger partial charge in [-0.3, -0.25) is 0 Å². The Labute approximate surface area is 146 Å². The molecule has 6 N–H and O–H groups in total. The Balaban J connectivity index is 1.64. The van der Waals surface area contributed by atoms with Gasteiger partial charge in [-0.15, -0.1) is 0 Å². The first-order valence-corrected chi connectivity index (χ1v) is 8.65. The van der Waals surface area contributed by atoms with Crippen molar-refractivity contribution in [1.82, 2.24) is 9.66 Å². The van der Waals surface area contributed by atoms with E-state index in [1.807, 2.05) is 16.9 Å². The second-order valence-electron chi connectivity index (χ2n) is 6.97. The van der Waals surface area contributed by atoms with E-state index in [0.29, 0.717) is 0 Å². The molecule has 7 heteroatoms. The van der Waals surface area contributed by atoms with Gasteiger partial charge in [-0.05, 0) is 56.0 Å². The van der Waals surface area contributed by atoms with Crippen molar-refractivity contribution >= 4 is 11.4 Å². The SMILES string of the molecule is NC1CCC(C2(N)C=C(Nc3ccc(F)cc3)c3nccn3N2)CC1. The minimum atomic E-state index is -0.684. The minimum Gasteiger partial charge on any atom is -0.353 e. The van der Waals surface area contributed by atoms with Gasteiger partial charge in [0.25, 0.3) is 0 Å². The van der Waals surface area contributed by atoms with E-state index in [-0.39, 0.29) is 17.8 Å². The number of nitrogens with zero attached hydrogens (tertiary/aromatic N) is 2. The van der Waals surface area contributed by atoms with E-state index >= 15 is 0 Å². The molecular weight excluding hydrogens is 319 g/mol. The van der Waals surface area contributed by atoms with Crippen LogP contribution in [-0.4, -0.2) is 21.4 Å². The van der Waals surface area contributed by atoms with E-state index in [1.54, 1.807) is 18.3 Å². The summed E-state index contributed by atoms with van der Waals surface area (Å²) in [5.74, 6) is 0.767. The Morgan fingerprint density at radius 1 is 1.20 bits per heavy atom. The molecule has 1 atom stereocenters. The number of hydrogen-bond donors (Lipinski definition) is 4. The number of imidazole rings is 1. The Kier molecular flexibility index (Phi) is 3.97. The highest BCUT2D eigenvalue weighted by Gasteiger charge is 2.39. The molecule has 0 bridgehead atoms. The molecule has 132 valence electrons. The molecule has 4 rings (SSSR count). The standard InChI is InChI=1S/C18H23FN6/c19-13-3-7-15(8-4-13)23-16-11-18(21,12-1-5-14(20)6-2-12)24-25-10-9-22-17(16)25/h3-4,7-12,14,23-24H,1-2,5-6,20-21H2. The fourth-order valence-corrected chi connectivity index (χ4v) is 3.72. The molecule has 25 heavy (non-hydrogen) atoms. The number of nitrogens with one attached hydrogen (secondary N) is 2. The highest BCUT2D eigenvalue weighted by atomic mass is 19.1. The molecule has 1 aliphatic heterocycles. The average molecular weight is 342 g/mol.